The molecule has 3 aromatic carbocycles. The van der Waals surface area contributed by atoms with Gasteiger partial charge in [-0.05, 0) is 72.1 Å². The van der Waals surface area contributed by atoms with Gasteiger partial charge in [0.2, 0.25) is 0 Å². The molecular weight excluding hydrogens is 686 g/mol. The Balaban J connectivity index is 1.61. The molecular formula is C32H27BrClN3O7S. The predicted molar refractivity (Wildman–Crippen MR) is 175 cm³/mol. The third-order valence-electron chi connectivity index (χ3n) is 7.14. The lowest BCUT2D eigenvalue weighted by atomic mass is 9.94. The molecule has 1 aliphatic rings. The minimum Gasteiger partial charge on any atom is -0.493 e. The number of esters is 1. The standard InChI is InChI=1S/C32H27BrClN3O7S/c1-5-43-31(39)27-18(3)35-32-36(28(27)20-11-10-17(2)24(15-20)37(40)41)30(38)26(45-32)14-19-12-22(33)29(25(13-19)42-4)44-16-21-8-6-7-9-23(21)34/h6-15,28H,5,16H2,1-4H3/b26-14+/t28-/m1/s1. The van der Waals surface area contributed by atoms with Gasteiger partial charge in [0, 0.05) is 22.2 Å². The van der Waals surface area contributed by atoms with Gasteiger partial charge in [-0.15, -0.1) is 0 Å². The number of nitro groups is 1. The molecule has 1 aromatic heterocycles. The molecule has 2 heterocycles. The molecule has 0 spiro atoms. The van der Waals surface area contributed by atoms with Gasteiger partial charge in [0.05, 0.1) is 45.0 Å². The monoisotopic (exact) mass is 711 g/mol. The molecule has 13 heteroatoms. The maximum Gasteiger partial charge on any atom is 0.338 e. The van der Waals surface area contributed by atoms with Crippen molar-refractivity contribution in [2.24, 2.45) is 4.99 Å². The van der Waals surface area contributed by atoms with Gasteiger partial charge >= 0.3 is 5.97 Å². The number of hydrogen-bond acceptors (Lipinski definition) is 9. The van der Waals surface area contributed by atoms with Crippen molar-refractivity contribution >= 4 is 56.6 Å². The number of nitro benzene ring substituents is 1. The Kier molecular flexibility index (Phi) is 9.56. The largest absolute Gasteiger partial charge is 0.493 e. The zero-order chi connectivity index (χ0) is 32.4. The Labute approximate surface area is 275 Å². The number of hydrogen-bond donors (Lipinski definition) is 0. The summed E-state index contributed by atoms with van der Waals surface area (Å²) in [5, 5.41) is 12.4. The van der Waals surface area contributed by atoms with Gasteiger partial charge in [-0.3, -0.25) is 19.5 Å². The summed E-state index contributed by atoms with van der Waals surface area (Å²) in [6.07, 6.45) is 1.69. The summed E-state index contributed by atoms with van der Waals surface area (Å²) in [6, 6.07) is 14.6. The van der Waals surface area contributed by atoms with E-state index in [0.717, 1.165) is 16.9 Å². The predicted octanol–water partition coefficient (Wildman–Crippen LogP) is 6.02. The van der Waals surface area contributed by atoms with Crippen LogP contribution in [0.25, 0.3) is 6.08 Å². The molecule has 0 aliphatic carbocycles. The van der Waals surface area contributed by atoms with E-state index in [2.05, 4.69) is 20.9 Å². The first kappa shape index (κ1) is 32.1. The zero-order valence-electron chi connectivity index (χ0n) is 24.6. The van der Waals surface area contributed by atoms with E-state index in [1.807, 2.05) is 18.2 Å². The van der Waals surface area contributed by atoms with Gasteiger partial charge in [-0.2, -0.15) is 0 Å². The average molecular weight is 713 g/mol. The molecule has 0 saturated carbocycles. The summed E-state index contributed by atoms with van der Waals surface area (Å²) in [6.45, 7) is 5.28. The molecule has 232 valence electrons. The third kappa shape index (κ3) is 6.44. The second-order valence-electron chi connectivity index (χ2n) is 10.0. The van der Waals surface area contributed by atoms with Gasteiger partial charge < -0.3 is 14.2 Å². The minimum atomic E-state index is -0.983. The number of rotatable bonds is 9. The lowest BCUT2D eigenvalue weighted by Gasteiger charge is -2.24. The van der Waals surface area contributed by atoms with E-state index in [9.17, 15) is 19.7 Å². The van der Waals surface area contributed by atoms with Crippen molar-refractivity contribution in [3.05, 3.63) is 127 Å². The van der Waals surface area contributed by atoms with Crippen LogP contribution in [-0.2, 0) is 16.1 Å². The Bertz CT molecular complexity index is 2050. The fraction of sp³-hybridized carbons (Fsp3) is 0.219. The van der Waals surface area contributed by atoms with E-state index < -0.39 is 22.5 Å². The summed E-state index contributed by atoms with van der Waals surface area (Å²) < 4.78 is 19.3. The number of ether oxygens (including phenoxy) is 3. The van der Waals surface area contributed by atoms with E-state index >= 15 is 0 Å². The highest BCUT2D eigenvalue weighted by atomic mass is 79.9. The van der Waals surface area contributed by atoms with E-state index in [1.165, 1.54) is 17.7 Å². The quantitative estimate of drug-likeness (QED) is 0.118. The van der Waals surface area contributed by atoms with Crippen LogP contribution in [0, 0.1) is 17.0 Å². The van der Waals surface area contributed by atoms with Crippen LogP contribution in [0.15, 0.2) is 80.1 Å². The molecule has 5 rings (SSSR count). The number of aryl methyl sites for hydroxylation is 1. The van der Waals surface area contributed by atoms with E-state index in [4.69, 9.17) is 25.8 Å². The number of halogens is 2. The van der Waals surface area contributed by atoms with Crippen LogP contribution in [-0.4, -0.2) is 29.2 Å². The van der Waals surface area contributed by atoms with Gasteiger partial charge in [0.25, 0.3) is 11.2 Å². The number of carbonyl (C=O) groups excluding carboxylic acids is 1. The van der Waals surface area contributed by atoms with Crippen LogP contribution in [0.5, 0.6) is 11.5 Å². The highest BCUT2D eigenvalue weighted by Gasteiger charge is 2.34. The Morgan fingerprint density at radius 1 is 1.20 bits per heavy atom. The Morgan fingerprint density at radius 3 is 2.64 bits per heavy atom. The average Bonchev–Trinajstić information content (AvgIpc) is 3.30. The second kappa shape index (κ2) is 13.4. The molecule has 4 aromatic rings. The fourth-order valence-electron chi connectivity index (χ4n) is 4.98. The molecule has 1 atom stereocenters. The van der Waals surface area contributed by atoms with Crippen LogP contribution < -0.4 is 24.4 Å². The number of nitrogens with zero attached hydrogens (tertiary/aromatic N) is 3. The van der Waals surface area contributed by atoms with Crippen molar-refractivity contribution in [1.82, 2.24) is 4.57 Å². The van der Waals surface area contributed by atoms with Crippen molar-refractivity contribution in [3.8, 4) is 11.5 Å². The number of aromatic nitrogens is 1. The number of allylic oxidation sites excluding steroid dienone is 1. The highest BCUT2D eigenvalue weighted by Crippen LogP contribution is 2.38. The summed E-state index contributed by atoms with van der Waals surface area (Å²) in [4.78, 5) is 43.4. The number of carbonyl (C=O) groups is 1. The van der Waals surface area contributed by atoms with Gasteiger partial charge in [0.15, 0.2) is 16.3 Å². The Morgan fingerprint density at radius 2 is 1.96 bits per heavy atom. The first-order valence-corrected chi connectivity index (χ1v) is 15.7. The van der Waals surface area contributed by atoms with Crippen LogP contribution in [0.3, 0.4) is 0 Å². The van der Waals surface area contributed by atoms with Gasteiger partial charge in [-0.25, -0.2) is 9.79 Å². The smallest absolute Gasteiger partial charge is 0.338 e. The third-order valence-corrected chi connectivity index (χ3v) is 9.08. The van der Waals surface area contributed by atoms with Gasteiger partial charge in [0.1, 0.15) is 6.61 Å². The lowest BCUT2D eigenvalue weighted by Crippen LogP contribution is -2.40. The highest BCUT2D eigenvalue weighted by molar-refractivity contribution is 9.10. The van der Waals surface area contributed by atoms with Crippen molar-refractivity contribution in [2.45, 2.75) is 33.4 Å². The van der Waals surface area contributed by atoms with E-state index in [-0.39, 0.29) is 24.5 Å². The van der Waals surface area contributed by atoms with E-state index in [1.54, 1.807) is 57.2 Å². The van der Waals surface area contributed by atoms with E-state index in [0.29, 0.717) is 52.7 Å². The first-order valence-electron chi connectivity index (χ1n) is 13.7. The number of methoxy groups -OCH3 is 1. The summed E-state index contributed by atoms with van der Waals surface area (Å²) in [5.41, 5.74) is 2.24. The summed E-state index contributed by atoms with van der Waals surface area (Å²) in [7, 11) is 1.52. The summed E-state index contributed by atoms with van der Waals surface area (Å²) >= 11 is 11.0. The first-order chi connectivity index (χ1) is 21.5. The van der Waals surface area contributed by atoms with Crippen LogP contribution >= 0.6 is 38.9 Å². The lowest BCUT2D eigenvalue weighted by molar-refractivity contribution is -0.385. The molecule has 0 radical (unpaired) electrons. The SMILES string of the molecule is CCOC(=O)C1=C(C)N=c2s/c(=C/c3cc(Br)c(OCc4ccccc4Cl)c(OC)c3)c(=O)n2[C@@H]1c1ccc(C)c([N+](=O)[O-])c1. The van der Waals surface area contributed by atoms with Crippen molar-refractivity contribution in [3.63, 3.8) is 0 Å². The minimum absolute atomic E-state index is 0.107. The van der Waals surface area contributed by atoms with Crippen LogP contribution in [0.2, 0.25) is 5.02 Å². The van der Waals surface area contributed by atoms with Crippen molar-refractivity contribution in [2.75, 3.05) is 13.7 Å². The number of fused-ring (bicyclic) bond motifs is 1. The topological polar surface area (TPSA) is 122 Å². The zero-order valence-corrected chi connectivity index (χ0v) is 27.8. The maximum absolute atomic E-state index is 14.0. The molecule has 0 amide bonds. The van der Waals surface area contributed by atoms with Crippen LogP contribution in [0.1, 0.15) is 42.1 Å². The maximum atomic E-state index is 14.0. The van der Waals surface area contributed by atoms with Gasteiger partial charge in [-0.1, -0.05) is 53.3 Å². The van der Waals surface area contributed by atoms with Crippen molar-refractivity contribution in [1.29, 1.82) is 0 Å². The number of benzene rings is 3. The molecule has 0 unspecified atom stereocenters. The second-order valence-corrected chi connectivity index (χ2v) is 12.3. The molecule has 0 bridgehead atoms. The molecule has 0 saturated heterocycles. The Hall–Kier alpha value is -4.26. The number of thiazole rings is 1. The summed E-state index contributed by atoms with van der Waals surface area (Å²) in [5.74, 6) is 0.245. The van der Waals surface area contributed by atoms with Crippen molar-refractivity contribution < 1.29 is 23.9 Å². The fourth-order valence-corrected chi connectivity index (χ4v) is 6.79. The van der Waals surface area contributed by atoms with Crippen LogP contribution in [0.4, 0.5) is 5.69 Å². The molecule has 10 nitrogen and oxygen atoms in total. The molecule has 45 heavy (non-hydrogen) atoms. The normalized spacial score (nSPS) is 14.5. The molecule has 0 fully saturated rings. The molecule has 1 aliphatic heterocycles. The molecule has 0 N–H and O–H groups in total.